The number of hydrogen-bond donors (Lipinski definition) is 0. The van der Waals surface area contributed by atoms with E-state index in [0.717, 1.165) is 12.8 Å². The van der Waals surface area contributed by atoms with E-state index in [2.05, 4.69) is 152 Å². The van der Waals surface area contributed by atoms with Gasteiger partial charge in [-0.05, 0) is 0 Å². The Hall–Kier alpha value is -2.18. The fraction of sp³-hybridized carbons (Fsp3) is 0.333. The second-order valence-corrected chi connectivity index (χ2v) is 18.1. The molecule has 3 heteroatoms. The number of hydrogen-bond acceptors (Lipinski definition) is 0. The molecule has 232 valence electrons. The summed E-state index contributed by atoms with van der Waals surface area (Å²) in [4.78, 5) is 0. The van der Waals surface area contributed by atoms with Gasteiger partial charge in [-0.3, -0.25) is 0 Å². The van der Waals surface area contributed by atoms with Gasteiger partial charge in [-0.25, -0.2) is 0 Å². The van der Waals surface area contributed by atoms with Crippen molar-refractivity contribution < 1.29 is 48.0 Å². The molecule has 0 amide bonds. The zero-order valence-electron chi connectivity index (χ0n) is 28.1. The van der Waals surface area contributed by atoms with Crippen LogP contribution in [0.25, 0.3) is 34.4 Å². The maximum Gasteiger partial charge on any atom is -1.00 e. The summed E-state index contributed by atoms with van der Waals surface area (Å²) in [5.41, 5.74) is 18.0. The molecule has 0 saturated carbocycles. The molecule has 2 unspecified atom stereocenters. The zero-order chi connectivity index (χ0) is 30.5. The van der Waals surface area contributed by atoms with E-state index in [1.165, 1.54) is 44.5 Å². The quantitative estimate of drug-likeness (QED) is 0.227. The van der Waals surface area contributed by atoms with Crippen LogP contribution in [0, 0.1) is 0 Å². The first kappa shape index (κ1) is 35.7. The first-order valence-electron chi connectivity index (χ1n) is 16.1. The van der Waals surface area contributed by atoms with Crippen LogP contribution in [0.4, 0.5) is 0 Å². The Morgan fingerprint density at radius 3 is 1.18 bits per heavy atom. The Labute approximate surface area is 296 Å². The Morgan fingerprint density at radius 1 is 0.511 bits per heavy atom. The predicted octanol–water partition coefficient (Wildman–Crippen LogP) is 6.10. The molecule has 2 aliphatic carbocycles. The summed E-state index contributed by atoms with van der Waals surface area (Å²) < 4.78 is 1.25. The van der Waals surface area contributed by atoms with Gasteiger partial charge in [-0.15, -0.1) is 0 Å². The summed E-state index contributed by atoms with van der Waals surface area (Å²) in [6, 6.07) is 32.8. The molecule has 0 bridgehead atoms. The zero-order valence-corrected chi connectivity index (χ0v) is 32.0. The SMILES string of the molecule is CCC1=Cc2c(-c3ccc(C(C)(C)C)cc3)cccc2[CH]1[Zr+2][CH]1C(CC)=Cc2c(-c3ccc(C(C)(C)C)cc3)cccc21.[Cl-].[Cl-]. The van der Waals surface area contributed by atoms with E-state index in [1.807, 2.05) is 0 Å². The first-order chi connectivity index (χ1) is 20.5. The van der Waals surface area contributed by atoms with Crippen LogP contribution < -0.4 is 24.8 Å². The Kier molecular flexibility index (Phi) is 11.0. The van der Waals surface area contributed by atoms with Crippen LogP contribution in [0.15, 0.2) is 96.1 Å². The van der Waals surface area contributed by atoms with Gasteiger partial charge in [-0.2, -0.15) is 0 Å². The Bertz CT molecular complexity index is 1580. The smallest absolute Gasteiger partial charge is 1.00 e. The van der Waals surface area contributed by atoms with Crippen molar-refractivity contribution in [2.75, 3.05) is 0 Å². The monoisotopic (exact) mass is 710 g/mol. The van der Waals surface area contributed by atoms with Gasteiger partial charge in [0, 0.05) is 0 Å². The van der Waals surface area contributed by atoms with Gasteiger partial charge in [0.25, 0.3) is 0 Å². The van der Waals surface area contributed by atoms with Crippen molar-refractivity contribution >= 4 is 12.2 Å². The van der Waals surface area contributed by atoms with E-state index in [4.69, 9.17) is 0 Å². The predicted molar refractivity (Wildman–Crippen MR) is 183 cm³/mol. The van der Waals surface area contributed by atoms with Crippen LogP contribution in [0.3, 0.4) is 0 Å². The number of rotatable bonds is 6. The van der Waals surface area contributed by atoms with E-state index in [1.54, 1.807) is 22.3 Å². The normalized spacial score (nSPS) is 16.9. The molecular weight excluding hydrogens is 667 g/mol. The van der Waals surface area contributed by atoms with Crippen LogP contribution in [0.5, 0.6) is 0 Å². The van der Waals surface area contributed by atoms with Crippen molar-refractivity contribution in [2.45, 2.75) is 86.3 Å². The van der Waals surface area contributed by atoms with E-state index in [0.29, 0.717) is 7.25 Å². The van der Waals surface area contributed by atoms with Gasteiger partial charge in [0.1, 0.15) is 0 Å². The summed E-state index contributed by atoms with van der Waals surface area (Å²) in [7, 11) is 0. The van der Waals surface area contributed by atoms with Crippen LogP contribution >= 0.6 is 0 Å². The second kappa shape index (κ2) is 13.9. The maximum atomic E-state index is 2.56. The van der Waals surface area contributed by atoms with E-state index in [-0.39, 0.29) is 35.6 Å². The second-order valence-electron chi connectivity index (χ2n) is 14.4. The fourth-order valence-corrected chi connectivity index (χ4v) is 12.3. The number of halogens is 2. The number of benzene rings is 4. The molecule has 0 spiro atoms. The largest absolute Gasteiger partial charge is 1.00 e. The third-order valence-electron chi connectivity index (χ3n) is 9.58. The minimum absolute atomic E-state index is 0. The third kappa shape index (κ3) is 6.93. The molecule has 0 N–H and O–H groups in total. The molecule has 6 rings (SSSR count). The minimum Gasteiger partial charge on any atom is -1.00 e. The molecule has 4 aromatic rings. The average Bonchev–Trinajstić information content (AvgIpc) is 3.54. The summed E-state index contributed by atoms with van der Waals surface area (Å²) >= 11 is -0.926. The molecule has 45 heavy (non-hydrogen) atoms. The van der Waals surface area contributed by atoms with Crippen LogP contribution in [-0.4, -0.2) is 0 Å². The fourth-order valence-electron chi connectivity index (χ4n) is 6.90. The van der Waals surface area contributed by atoms with Gasteiger partial charge in [0.05, 0.1) is 0 Å². The van der Waals surface area contributed by atoms with Crippen molar-refractivity contribution in [3.05, 3.63) is 129 Å². The third-order valence-corrected chi connectivity index (χ3v) is 14.6. The maximum absolute atomic E-state index is 2.56. The summed E-state index contributed by atoms with van der Waals surface area (Å²) in [5.74, 6) is 0. The molecule has 2 aliphatic rings. The van der Waals surface area contributed by atoms with Crippen molar-refractivity contribution in [3.63, 3.8) is 0 Å². The standard InChI is InChI=1S/2C21H23.2ClH.Zr/c2*1-5-15-13-17-7-6-8-19(20(17)14-15)16-9-11-18(12-10-16)21(2,3)4;;;/h2*6-14H,5H2,1-4H3;2*1H;/q;;;;+2/p-2. The molecule has 0 radical (unpaired) electrons. The summed E-state index contributed by atoms with van der Waals surface area (Å²) in [6.45, 7) is 18.5. The van der Waals surface area contributed by atoms with Gasteiger partial charge in [0.2, 0.25) is 0 Å². The number of fused-ring (bicyclic) bond motifs is 2. The molecule has 0 aliphatic heterocycles. The molecule has 0 nitrogen and oxygen atoms in total. The van der Waals surface area contributed by atoms with E-state index < -0.39 is 23.2 Å². The first-order valence-corrected chi connectivity index (χ1v) is 19.0. The Balaban J connectivity index is 0.00000230. The van der Waals surface area contributed by atoms with Crippen molar-refractivity contribution in [1.82, 2.24) is 0 Å². The van der Waals surface area contributed by atoms with Crippen molar-refractivity contribution in [3.8, 4) is 22.3 Å². The van der Waals surface area contributed by atoms with Crippen LogP contribution in [-0.2, 0) is 34.1 Å². The summed E-state index contributed by atoms with van der Waals surface area (Å²) in [6.07, 6.45) is 7.39. The molecule has 0 fully saturated rings. The molecule has 2 atom stereocenters. The molecular formula is C42H46Cl2Zr. The van der Waals surface area contributed by atoms with Crippen molar-refractivity contribution in [2.24, 2.45) is 0 Å². The van der Waals surface area contributed by atoms with E-state index in [9.17, 15) is 0 Å². The molecule has 0 heterocycles. The number of allylic oxidation sites excluding steroid dienone is 2. The Morgan fingerprint density at radius 2 is 0.867 bits per heavy atom. The average molecular weight is 713 g/mol. The van der Waals surface area contributed by atoms with Crippen LogP contribution in [0.2, 0.25) is 0 Å². The van der Waals surface area contributed by atoms with Gasteiger partial charge >= 0.3 is 273 Å². The minimum atomic E-state index is -0.926. The molecule has 0 saturated heterocycles. The van der Waals surface area contributed by atoms with Crippen molar-refractivity contribution in [1.29, 1.82) is 0 Å². The topological polar surface area (TPSA) is 0 Å². The molecule has 4 aromatic carbocycles. The van der Waals surface area contributed by atoms with Gasteiger partial charge < -0.3 is 24.8 Å². The molecule has 0 aromatic heterocycles. The van der Waals surface area contributed by atoms with E-state index >= 15 is 0 Å². The summed E-state index contributed by atoms with van der Waals surface area (Å²) in [5, 5.41) is 0. The van der Waals surface area contributed by atoms with Gasteiger partial charge in [-0.1, -0.05) is 0 Å². The van der Waals surface area contributed by atoms with Crippen LogP contribution in [0.1, 0.15) is 109 Å². The van der Waals surface area contributed by atoms with Gasteiger partial charge in [0.15, 0.2) is 0 Å².